The van der Waals surface area contributed by atoms with Gasteiger partial charge in [0.1, 0.15) is 17.4 Å². The van der Waals surface area contributed by atoms with Crippen LogP contribution in [0.15, 0.2) is 35.6 Å². The van der Waals surface area contributed by atoms with Gasteiger partial charge in [-0.2, -0.15) is 0 Å². The molecule has 0 atom stereocenters. The lowest BCUT2D eigenvalue weighted by Crippen LogP contribution is -2.29. The summed E-state index contributed by atoms with van der Waals surface area (Å²) in [7, 11) is 1.83. The summed E-state index contributed by atoms with van der Waals surface area (Å²) in [6, 6.07) is 6.62. The van der Waals surface area contributed by atoms with E-state index < -0.39 is 11.8 Å². The van der Waals surface area contributed by atoms with Crippen LogP contribution in [-0.2, 0) is 18.5 Å². The molecular weight excluding hydrogens is 376 g/mol. The molecule has 9 heteroatoms. The summed E-state index contributed by atoms with van der Waals surface area (Å²) in [5, 5.41) is 2.30. The first-order valence-corrected chi connectivity index (χ1v) is 9.27. The fourth-order valence-corrected chi connectivity index (χ4v) is 3.61. The van der Waals surface area contributed by atoms with Crippen molar-refractivity contribution in [3.63, 3.8) is 0 Å². The lowest BCUT2D eigenvalue weighted by molar-refractivity contribution is -0.100. The summed E-state index contributed by atoms with van der Waals surface area (Å²) in [5.74, 6) is -0.948. The van der Waals surface area contributed by atoms with Gasteiger partial charge in [0.05, 0.1) is 16.5 Å². The molecule has 26 heavy (non-hydrogen) atoms. The smallest absolute Gasteiger partial charge is 0.285 e. The lowest BCUT2D eigenvalue weighted by atomic mass is 10.1. The number of hydrogen-bond acceptors (Lipinski definition) is 6. The number of carbonyl (C=O) groups excluding carboxylic acids is 2. The summed E-state index contributed by atoms with van der Waals surface area (Å²) in [5.41, 5.74) is 2.02. The van der Waals surface area contributed by atoms with Crippen LogP contribution >= 0.6 is 23.4 Å². The summed E-state index contributed by atoms with van der Waals surface area (Å²) in [6.45, 7) is -0.00942. The molecule has 0 N–H and O–H groups in total. The number of aromatic nitrogens is 3. The Labute approximate surface area is 157 Å². The number of imide groups is 1. The third-order valence-corrected chi connectivity index (χ3v) is 4.94. The molecule has 0 saturated carbocycles. The second kappa shape index (κ2) is 6.39. The first-order valence-electron chi connectivity index (χ1n) is 7.67. The Morgan fingerprint density at radius 2 is 1.81 bits per heavy atom. The number of amides is 2. The number of hydroxylamine groups is 2. The highest BCUT2D eigenvalue weighted by molar-refractivity contribution is 7.98. The van der Waals surface area contributed by atoms with Crippen molar-refractivity contribution in [2.75, 3.05) is 6.26 Å². The van der Waals surface area contributed by atoms with E-state index in [9.17, 15) is 9.59 Å². The number of thioether (sulfide) groups is 1. The zero-order valence-electron chi connectivity index (χ0n) is 13.9. The first kappa shape index (κ1) is 17.0. The highest BCUT2D eigenvalue weighted by Gasteiger charge is 2.36. The van der Waals surface area contributed by atoms with E-state index in [1.54, 1.807) is 30.5 Å². The van der Waals surface area contributed by atoms with Crippen LogP contribution in [0, 0.1) is 0 Å². The fraction of sp³-hybridized carbons (Fsp3) is 0.176. The number of hydrogen-bond donors (Lipinski definition) is 0. The van der Waals surface area contributed by atoms with Crippen molar-refractivity contribution in [1.29, 1.82) is 0 Å². The quantitative estimate of drug-likeness (QED) is 0.296. The minimum Gasteiger partial charge on any atom is -0.335 e. The molecule has 2 amide bonds. The molecule has 0 fully saturated rings. The molecule has 1 aliphatic rings. The van der Waals surface area contributed by atoms with Gasteiger partial charge >= 0.3 is 0 Å². The van der Waals surface area contributed by atoms with Crippen LogP contribution < -0.4 is 0 Å². The molecule has 0 bridgehead atoms. The molecule has 0 unspecified atom stereocenters. The van der Waals surface area contributed by atoms with Gasteiger partial charge in [-0.05, 0) is 18.4 Å². The maximum absolute atomic E-state index is 12.4. The van der Waals surface area contributed by atoms with Crippen molar-refractivity contribution in [1.82, 2.24) is 19.6 Å². The monoisotopic (exact) mass is 388 g/mol. The fourth-order valence-electron chi connectivity index (χ4n) is 2.91. The van der Waals surface area contributed by atoms with Crippen LogP contribution in [0.2, 0.25) is 5.15 Å². The van der Waals surface area contributed by atoms with Crippen molar-refractivity contribution in [2.45, 2.75) is 11.8 Å². The molecule has 0 spiro atoms. The van der Waals surface area contributed by atoms with Gasteiger partial charge in [-0.3, -0.25) is 14.4 Å². The number of benzene rings is 1. The van der Waals surface area contributed by atoms with Crippen molar-refractivity contribution >= 4 is 46.2 Å². The number of aryl methyl sites for hydroxylation is 1. The molecule has 0 saturated heterocycles. The Morgan fingerprint density at radius 1 is 1.15 bits per heavy atom. The van der Waals surface area contributed by atoms with E-state index in [2.05, 4.69) is 9.97 Å². The summed E-state index contributed by atoms with van der Waals surface area (Å²) in [6.07, 6.45) is 3.67. The van der Waals surface area contributed by atoms with Gasteiger partial charge in [0.25, 0.3) is 11.8 Å². The van der Waals surface area contributed by atoms with E-state index in [1.807, 2.05) is 17.9 Å². The first-order chi connectivity index (χ1) is 12.5. The van der Waals surface area contributed by atoms with Crippen molar-refractivity contribution in [3.8, 4) is 0 Å². The van der Waals surface area contributed by atoms with E-state index >= 15 is 0 Å². The van der Waals surface area contributed by atoms with Gasteiger partial charge in [-0.15, -0.1) is 5.06 Å². The zero-order valence-corrected chi connectivity index (χ0v) is 15.5. The molecule has 7 nitrogen and oxygen atoms in total. The minimum atomic E-state index is -0.474. The second-order valence-corrected chi connectivity index (χ2v) is 6.82. The van der Waals surface area contributed by atoms with Gasteiger partial charge < -0.3 is 4.57 Å². The molecule has 3 heterocycles. The minimum absolute atomic E-state index is 0.00942. The normalized spacial score (nSPS) is 13.7. The highest BCUT2D eigenvalue weighted by atomic mass is 35.5. The summed E-state index contributed by atoms with van der Waals surface area (Å²) >= 11 is 7.70. The molecule has 132 valence electrons. The Balaban J connectivity index is 1.64. The molecule has 0 radical (unpaired) electrons. The predicted molar refractivity (Wildman–Crippen MR) is 97.0 cm³/mol. The topological polar surface area (TPSA) is 77.3 Å². The van der Waals surface area contributed by atoms with Gasteiger partial charge in [0.2, 0.25) is 0 Å². The van der Waals surface area contributed by atoms with Crippen molar-refractivity contribution in [3.05, 3.63) is 52.3 Å². The summed E-state index contributed by atoms with van der Waals surface area (Å²) < 4.78 is 1.81. The van der Waals surface area contributed by atoms with Crippen LogP contribution in [0.4, 0.5) is 0 Å². The van der Waals surface area contributed by atoms with E-state index in [4.69, 9.17) is 16.4 Å². The van der Waals surface area contributed by atoms with E-state index in [0.717, 1.165) is 5.06 Å². The van der Waals surface area contributed by atoms with E-state index in [0.29, 0.717) is 38.0 Å². The molecular formula is C17H13ClN4O3S. The second-order valence-electron chi connectivity index (χ2n) is 5.69. The molecule has 3 aromatic rings. The number of halogens is 1. The molecule has 1 aromatic carbocycles. The maximum atomic E-state index is 12.4. The number of carbonyl (C=O) groups is 2. The lowest BCUT2D eigenvalue weighted by Gasteiger charge is -2.13. The zero-order chi connectivity index (χ0) is 18.4. The molecule has 1 aliphatic heterocycles. The largest absolute Gasteiger partial charge is 0.335 e. The van der Waals surface area contributed by atoms with Crippen LogP contribution in [-0.4, -0.2) is 37.7 Å². The Morgan fingerprint density at radius 3 is 2.42 bits per heavy atom. The van der Waals surface area contributed by atoms with Gasteiger partial charge in [0.15, 0.2) is 5.16 Å². The van der Waals surface area contributed by atoms with Gasteiger partial charge in [-0.1, -0.05) is 35.5 Å². The van der Waals surface area contributed by atoms with Crippen molar-refractivity contribution in [2.24, 2.45) is 7.05 Å². The van der Waals surface area contributed by atoms with Gasteiger partial charge in [0, 0.05) is 18.8 Å². The average molecular weight is 389 g/mol. The number of nitrogens with zero attached hydrogens (tertiary/aromatic N) is 4. The van der Waals surface area contributed by atoms with Crippen molar-refractivity contribution < 1.29 is 14.4 Å². The third kappa shape index (κ3) is 2.57. The average Bonchev–Trinajstić information content (AvgIpc) is 3.09. The Bertz CT molecular complexity index is 1030. The van der Waals surface area contributed by atoms with Crippen LogP contribution in [0.5, 0.6) is 0 Å². The SMILES string of the molecule is CSc1nc(Cl)c2c(CON3C(=O)c4ccccc4C3=O)cn(C)c2n1. The Hall–Kier alpha value is -2.42. The van der Waals surface area contributed by atoms with E-state index in [1.165, 1.54) is 11.8 Å². The van der Waals surface area contributed by atoms with Gasteiger partial charge in [-0.25, -0.2) is 9.97 Å². The standard InChI is InChI=1S/C17H13ClN4O3S/c1-21-7-9(12-13(18)19-17(26-2)20-14(12)21)8-25-22-15(23)10-5-3-4-6-11(10)16(22)24/h3-7H,8H2,1-2H3. The molecule has 2 aromatic heterocycles. The Kier molecular flexibility index (Phi) is 4.18. The van der Waals surface area contributed by atoms with Crippen LogP contribution in [0.1, 0.15) is 26.3 Å². The van der Waals surface area contributed by atoms with E-state index in [-0.39, 0.29) is 6.61 Å². The summed E-state index contributed by atoms with van der Waals surface area (Å²) in [4.78, 5) is 38.9. The predicted octanol–water partition coefficient (Wildman–Crippen LogP) is 3.07. The molecule has 4 rings (SSSR count). The number of fused-ring (bicyclic) bond motifs is 2. The molecule has 0 aliphatic carbocycles. The van der Waals surface area contributed by atoms with Crippen LogP contribution in [0.3, 0.4) is 0 Å². The third-order valence-electron chi connectivity index (χ3n) is 4.12. The highest BCUT2D eigenvalue weighted by Crippen LogP contribution is 2.29. The number of rotatable bonds is 4. The maximum Gasteiger partial charge on any atom is 0.285 e. The van der Waals surface area contributed by atoms with Crippen LogP contribution in [0.25, 0.3) is 11.0 Å².